The van der Waals surface area contributed by atoms with Crippen LogP contribution in [0.4, 0.5) is 5.69 Å². The van der Waals surface area contributed by atoms with Gasteiger partial charge in [0.05, 0.1) is 16.7 Å². The Morgan fingerprint density at radius 3 is 2.68 bits per heavy atom. The molecule has 0 saturated heterocycles. The maximum absolute atomic E-state index is 4.75. The van der Waals surface area contributed by atoms with Crippen molar-refractivity contribution in [2.75, 3.05) is 19.0 Å². The molecule has 0 aliphatic rings. The van der Waals surface area contributed by atoms with Crippen molar-refractivity contribution in [2.24, 2.45) is 0 Å². The zero-order valence-electron chi connectivity index (χ0n) is 12.5. The van der Waals surface area contributed by atoms with Crippen LogP contribution in [-0.2, 0) is 0 Å². The van der Waals surface area contributed by atoms with Crippen molar-refractivity contribution in [3.8, 4) is 11.4 Å². The zero-order valence-corrected chi connectivity index (χ0v) is 12.5. The summed E-state index contributed by atoms with van der Waals surface area (Å²) in [5.74, 6) is 0. The smallest absolute Gasteiger partial charge is 0.118 e. The number of aromatic amines is 1. The Morgan fingerprint density at radius 2 is 1.82 bits per heavy atom. The number of nitrogens with one attached hydrogen (secondary N) is 1. The average molecular weight is 288 g/mol. The number of fused-ring (bicyclic) bond motifs is 2. The van der Waals surface area contributed by atoms with Gasteiger partial charge in [0, 0.05) is 30.6 Å². The van der Waals surface area contributed by atoms with E-state index in [9.17, 15) is 0 Å². The van der Waals surface area contributed by atoms with Crippen LogP contribution >= 0.6 is 0 Å². The summed E-state index contributed by atoms with van der Waals surface area (Å²) in [7, 11) is 4.07. The number of hydrogen-bond donors (Lipinski definition) is 1. The molecule has 1 N–H and O–H groups in total. The van der Waals surface area contributed by atoms with Crippen molar-refractivity contribution < 1.29 is 0 Å². The lowest BCUT2D eigenvalue weighted by Crippen LogP contribution is -2.07. The van der Waals surface area contributed by atoms with E-state index in [4.69, 9.17) is 4.98 Å². The van der Waals surface area contributed by atoms with Gasteiger partial charge in [-0.25, -0.2) is 4.98 Å². The van der Waals surface area contributed by atoms with E-state index < -0.39 is 0 Å². The van der Waals surface area contributed by atoms with Gasteiger partial charge in [-0.05, 0) is 30.3 Å². The first-order valence-corrected chi connectivity index (χ1v) is 7.24. The Morgan fingerprint density at radius 1 is 0.955 bits per heavy atom. The minimum atomic E-state index is 0.890. The van der Waals surface area contributed by atoms with E-state index in [2.05, 4.69) is 45.4 Å². The van der Waals surface area contributed by atoms with Crippen LogP contribution in [0.15, 0.2) is 54.6 Å². The summed E-state index contributed by atoms with van der Waals surface area (Å²) in [4.78, 5) is 6.83. The van der Waals surface area contributed by atoms with Gasteiger partial charge < -0.3 is 4.90 Å². The molecule has 2 heterocycles. The maximum atomic E-state index is 4.75. The normalized spacial score (nSPS) is 11.2. The molecule has 22 heavy (non-hydrogen) atoms. The minimum absolute atomic E-state index is 0.890. The highest BCUT2D eigenvalue weighted by Gasteiger charge is 2.11. The van der Waals surface area contributed by atoms with Crippen molar-refractivity contribution >= 4 is 27.5 Å². The number of para-hydroxylation sites is 1. The number of H-pyrrole nitrogens is 1. The van der Waals surface area contributed by atoms with Gasteiger partial charge in [-0.1, -0.05) is 24.3 Å². The molecular weight excluding hydrogens is 272 g/mol. The lowest BCUT2D eigenvalue weighted by Gasteiger charge is -2.12. The van der Waals surface area contributed by atoms with E-state index >= 15 is 0 Å². The molecule has 0 fully saturated rings. The fraction of sp³-hybridized carbons (Fsp3) is 0.111. The van der Waals surface area contributed by atoms with Crippen molar-refractivity contribution in [3.63, 3.8) is 0 Å². The summed E-state index contributed by atoms with van der Waals surface area (Å²) < 4.78 is 0. The predicted octanol–water partition coefficient (Wildman–Crippen LogP) is 3.84. The maximum Gasteiger partial charge on any atom is 0.118 e. The van der Waals surface area contributed by atoms with Gasteiger partial charge >= 0.3 is 0 Å². The molecule has 0 saturated carbocycles. The molecule has 0 aliphatic heterocycles. The summed E-state index contributed by atoms with van der Waals surface area (Å²) in [5.41, 5.74) is 4.94. The molecule has 4 rings (SSSR count). The summed E-state index contributed by atoms with van der Waals surface area (Å²) in [5, 5.41) is 9.79. The second-order valence-electron chi connectivity index (χ2n) is 5.59. The van der Waals surface area contributed by atoms with E-state index in [1.54, 1.807) is 0 Å². The fourth-order valence-electron chi connectivity index (χ4n) is 2.67. The Bertz CT molecular complexity index is 969. The number of hydrogen-bond acceptors (Lipinski definition) is 3. The van der Waals surface area contributed by atoms with Gasteiger partial charge in [0.1, 0.15) is 5.69 Å². The number of aromatic nitrogens is 3. The highest BCUT2D eigenvalue weighted by Crippen LogP contribution is 2.29. The van der Waals surface area contributed by atoms with Gasteiger partial charge in [-0.3, -0.25) is 5.10 Å². The summed E-state index contributed by atoms with van der Waals surface area (Å²) in [6.45, 7) is 0. The molecule has 0 aliphatic carbocycles. The molecule has 0 bridgehead atoms. The first-order chi connectivity index (χ1) is 10.7. The zero-order chi connectivity index (χ0) is 15.1. The molecular formula is C18H16N4. The monoisotopic (exact) mass is 288 g/mol. The SMILES string of the molecule is CN(C)c1ccc2[nH]nc(-c3ccc4ccccc4n3)c2c1. The Kier molecular flexibility index (Phi) is 2.82. The number of pyridine rings is 1. The molecule has 0 radical (unpaired) electrons. The topological polar surface area (TPSA) is 44.8 Å². The van der Waals surface area contributed by atoms with Crippen LogP contribution < -0.4 is 4.90 Å². The number of nitrogens with zero attached hydrogens (tertiary/aromatic N) is 3. The van der Waals surface area contributed by atoms with Gasteiger partial charge in [0.25, 0.3) is 0 Å². The van der Waals surface area contributed by atoms with E-state index in [1.165, 1.54) is 0 Å². The lowest BCUT2D eigenvalue weighted by molar-refractivity contribution is 1.11. The molecule has 4 nitrogen and oxygen atoms in total. The average Bonchev–Trinajstić information content (AvgIpc) is 2.97. The highest BCUT2D eigenvalue weighted by molar-refractivity contribution is 5.95. The first-order valence-electron chi connectivity index (χ1n) is 7.24. The van der Waals surface area contributed by atoms with Crippen molar-refractivity contribution in [3.05, 3.63) is 54.6 Å². The first kappa shape index (κ1) is 12.8. The van der Waals surface area contributed by atoms with Crippen LogP contribution in [0.5, 0.6) is 0 Å². The Labute approximate surface area is 128 Å². The molecule has 0 spiro atoms. The standard InChI is InChI=1S/C18H16N4/c1-22(2)13-8-10-16-14(11-13)18(21-20-16)17-9-7-12-5-3-4-6-15(12)19-17/h3-11H,1-2H3,(H,20,21). The minimum Gasteiger partial charge on any atom is -0.378 e. The molecule has 0 atom stereocenters. The van der Waals surface area contributed by atoms with E-state index in [-0.39, 0.29) is 0 Å². The highest BCUT2D eigenvalue weighted by atomic mass is 15.1. The van der Waals surface area contributed by atoms with Crippen LogP contribution in [0.3, 0.4) is 0 Å². The van der Waals surface area contributed by atoms with Crippen molar-refractivity contribution in [2.45, 2.75) is 0 Å². The predicted molar refractivity (Wildman–Crippen MR) is 91.2 cm³/mol. The molecule has 0 amide bonds. The van der Waals surface area contributed by atoms with Crippen molar-refractivity contribution in [1.29, 1.82) is 0 Å². The lowest BCUT2D eigenvalue weighted by atomic mass is 10.1. The molecule has 2 aromatic carbocycles. The third kappa shape index (κ3) is 2.00. The van der Waals surface area contributed by atoms with Crippen LogP contribution in [-0.4, -0.2) is 29.3 Å². The van der Waals surface area contributed by atoms with Gasteiger partial charge in [0.2, 0.25) is 0 Å². The largest absolute Gasteiger partial charge is 0.378 e. The Balaban J connectivity index is 1.93. The second-order valence-corrected chi connectivity index (χ2v) is 5.59. The quantitative estimate of drug-likeness (QED) is 0.609. The third-order valence-corrected chi connectivity index (χ3v) is 3.90. The molecule has 108 valence electrons. The fourth-order valence-corrected chi connectivity index (χ4v) is 2.67. The van der Waals surface area contributed by atoms with Crippen LogP contribution in [0.1, 0.15) is 0 Å². The van der Waals surface area contributed by atoms with Gasteiger partial charge in [0.15, 0.2) is 0 Å². The number of anilines is 1. The van der Waals surface area contributed by atoms with E-state index in [0.29, 0.717) is 0 Å². The van der Waals surface area contributed by atoms with E-state index in [0.717, 1.165) is 38.9 Å². The molecule has 4 heteroatoms. The van der Waals surface area contributed by atoms with Gasteiger partial charge in [-0.15, -0.1) is 0 Å². The molecule has 2 aromatic heterocycles. The summed E-state index contributed by atoms with van der Waals surface area (Å²) >= 11 is 0. The number of rotatable bonds is 2. The molecule has 0 unspecified atom stereocenters. The van der Waals surface area contributed by atoms with Crippen molar-refractivity contribution in [1.82, 2.24) is 15.2 Å². The third-order valence-electron chi connectivity index (χ3n) is 3.90. The van der Waals surface area contributed by atoms with Gasteiger partial charge in [-0.2, -0.15) is 5.10 Å². The Hall–Kier alpha value is -2.88. The summed E-state index contributed by atoms with van der Waals surface area (Å²) in [6.07, 6.45) is 0. The summed E-state index contributed by atoms with van der Waals surface area (Å²) in [6, 6.07) is 18.5. The van der Waals surface area contributed by atoms with Crippen LogP contribution in [0, 0.1) is 0 Å². The second kappa shape index (κ2) is 4.84. The number of benzene rings is 2. The van der Waals surface area contributed by atoms with Crippen LogP contribution in [0.2, 0.25) is 0 Å². The van der Waals surface area contributed by atoms with E-state index in [1.807, 2.05) is 38.4 Å². The molecule has 4 aromatic rings. The van der Waals surface area contributed by atoms with Crippen LogP contribution in [0.25, 0.3) is 33.2 Å².